The van der Waals surface area contributed by atoms with E-state index >= 15 is 0 Å². The molecule has 26 heavy (non-hydrogen) atoms. The lowest BCUT2D eigenvalue weighted by molar-refractivity contribution is 0.0954. The molecule has 0 bridgehead atoms. The number of rotatable bonds is 4. The Kier molecular flexibility index (Phi) is 5.03. The molecule has 0 spiro atoms. The number of nitrogens with one attached hydrogen (secondary N) is 1. The number of aryl methyl sites for hydroxylation is 3. The maximum atomic E-state index is 12.2. The van der Waals surface area contributed by atoms with Gasteiger partial charge in [0.2, 0.25) is 0 Å². The summed E-state index contributed by atoms with van der Waals surface area (Å²) in [7, 11) is 0. The molecule has 4 nitrogen and oxygen atoms in total. The van der Waals surface area contributed by atoms with Gasteiger partial charge in [-0.25, -0.2) is 5.43 Å². The molecule has 0 unspecified atom stereocenters. The number of benzene rings is 2. The van der Waals surface area contributed by atoms with Crippen LogP contribution in [0.5, 0.6) is 0 Å². The van der Waals surface area contributed by atoms with E-state index in [1.165, 1.54) is 5.56 Å². The lowest BCUT2D eigenvalue weighted by Gasteiger charge is -2.10. The predicted octanol–water partition coefficient (Wildman–Crippen LogP) is 4.47. The third kappa shape index (κ3) is 3.59. The van der Waals surface area contributed by atoms with Crippen molar-refractivity contribution in [2.24, 2.45) is 5.10 Å². The Labute approximate surface area is 154 Å². The highest BCUT2D eigenvalue weighted by molar-refractivity contribution is 5.96. The predicted molar refractivity (Wildman–Crippen MR) is 106 cm³/mol. The van der Waals surface area contributed by atoms with Gasteiger partial charge in [-0.1, -0.05) is 30.3 Å². The van der Waals surface area contributed by atoms with Gasteiger partial charge in [0.25, 0.3) is 5.91 Å². The third-order valence-corrected chi connectivity index (χ3v) is 4.49. The van der Waals surface area contributed by atoms with Crippen LogP contribution in [0.4, 0.5) is 0 Å². The minimum Gasteiger partial charge on any atom is -0.318 e. The summed E-state index contributed by atoms with van der Waals surface area (Å²) in [6.07, 6.45) is 1.70. The van der Waals surface area contributed by atoms with Crippen LogP contribution in [0.2, 0.25) is 0 Å². The van der Waals surface area contributed by atoms with Crippen molar-refractivity contribution < 1.29 is 4.79 Å². The van der Waals surface area contributed by atoms with Crippen molar-refractivity contribution in [3.05, 3.63) is 88.2 Å². The highest BCUT2D eigenvalue weighted by Crippen LogP contribution is 2.20. The lowest BCUT2D eigenvalue weighted by Crippen LogP contribution is -2.18. The fourth-order valence-corrected chi connectivity index (χ4v) is 3.13. The third-order valence-electron chi connectivity index (χ3n) is 4.49. The first-order chi connectivity index (χ1) is 12.5. The molecule has 1 heterocycles. The number of aromatic nitrogens is 1. The van der Waals surface area contributed by atoms with E-state index in [2.05, 4.69) is 66.2 Å². The minimum absolute atomic E-state index is 0.202. The zero-order valence-corrected chi connectivity index (χ0v) is 15.6. The summed E-state index contributed by atoms with van der Waals surface area (Å²) in [4.78, 5) is 12.2. The van der Waals surface area contributed by atoms with Crippen molar-refractivity contribution in [3.8, 4) is 5.69 Å². The molecule has 0 radical (unpaired) electrons. The smallest absolute Gasteiger partial charge is 0.271 e. The summed E-state index contributed by atoms with van der Waals surface area (Å²) in [6, 6.07) is 17.9. The van der Waals surface area contributed by atoms with Crippen LogP contribution >= 0.6 is 0 Å². The molecule has 0 aliphatic rings. The molecule has 3 rings (SSSR count). The maximum absolute atomic E-state index is 12.2. The molecule has 0 saturated heterocycles. The summed E-state index contributed by atoms with van der Waals surface area (Å²) in [5, 5.41) is 4.15. The lowest BCUT2D eigenvalue weighted by atomic mass is 10.1. The van der Waals surface area contributed by atoms with Gasteiger partial charge in [0.1, 0.15) is 0 Å². The molecular weight excluding hydrogens is 322 g/mol. The van der Waals surface area contributed by atoms with Crippen LogP contribution in [0.15, 0.2) is 59.7 Å². The summed E-state index contributed by atoms with van der Waals surface area (Å²) in [6.45, 7) is 8.12. The van der Waals surface area contributed by atoms with Crippen molar-refractivity contribution in [2.45, 2.75) is 27.7 Å². The van der Waals surface area contributed by atoms with Gasteiger partial charge in [0, 0.05) is 28.2 Å². The number of carbonyl (C=O) groups excluding carboxylic acids is 1. The topological polar surface area (TPSA) is 46.4 Å². The SMILES string of the molecule is Cc1cccc(-n2c(C)cc(/C=N/NC(=O)c3ccccc3C)c2C)c1. The second kappa shape index (κ2) is 7.40. The largest absolute Gasteiger partial charge is 0.318 e. The number of carbonyl (C=O) groups is 1. The summed E-state index contributed by atoms with van der Waals surface area (Å²) >= 11 is 0. The molecule has 3 aromatic rings. The van der Waals surface area contributed by atoms with Gasteiger partial charge in [0.15, 0.2) is 0 Å². The first kappa shape index (κ1) is 17.7. The fourth-order valence-electron chi connectivity index (χ4n) is 3.13. The van der Waals surface area contributed by atoms with Gasteiger partial charge in [-0.05, 0) is 63.1 Å². The Balaban J connectivity index is 1.81. The normalized spacial score (nSPS) is 11.1. The van der Waals surface area contributed by atoms with Gasteiger partial charge in [-0.3, -0.25) is 4.79 Å². The Morgan fingerprint density at radius 2 is 1.77 bits per heavy atom. The van der Waals surface area contributed by atoms with E-state index in [0.717, 1.165) is 28.2 Å². The van der Waals surface area contributed by atoms with E-state index in [-0.39, 0.29) is 5.91 Å². The zero-order chi connectivity index (χ0) is 18.7. The van der Waals surface area contributed by atoms with Crippen molar-refractivity contribution in [3.63, 3.8) is 0 Å². The second-order valence-electron chi connectivity index (χ2n) is 6.51. The molecular formula is C22H23N3O. The molecule has 4 heteroatoms. The van der Waals surface area contributed by atoms with Crippen LogP contribution in [0.1, 0.15) is 38.4 Å². The highest BCUT2D eigenvalue weighted by Gasteiger charge is 2.10. The zero-order valence-electron chi connectivity index (χ0n) is 15.6. The second-order valence-corrected chi connectivity index (χ2v) is 6.51. The van der Waals surface area contributed by atoms with Crippen LogP contribution in [-0.2, 0) is 0 Å². The quantitative estimate of drug-likeness (QED) is 0.550. The Morgan fingerprint density at radius 3 is 2.50 bits per heavy atom. The molecule has 1 N–H and O–H groups in total. The number of amides is 1. The first-order valence-corrected chi connectivity index (χ1v) is 8.62. The summed E-state index contributed by atoms with van der Waals surface area (Å²) < 4.78 is 2.19. The fraction of sp³-hybridized carbons (Fsp3) is 0.182. The van der Waals surface area contributed by atoms with E-state index in [1.807, 2.05) is 25.1 Å². The Bertz CT molecular complexity index is 983. The monoisotopic (exact) mass is 345 g/mol. The molecule has 0 atom stereocenters. The number of hydrazone groups is 1. The molecule has 0 fully saturated rings. The standard InChI is InChI=1S/C22H23N3O/c1-15-8-7-10-20(12-15)25-17(3)13-19(18(25)4)14-23-24-22(26)21-11-6-5-9-16(21)2/h5-14H,1-4H3,(H,24,26)/b23-14+. The van der Waals surface area contributed by atoms with Crippen LogP contribution in [0.3, 0.4) is 0 Å². The average Bonchev–Trinajstić information content (AvgIpc) is 2.89. The molecule has 0 aliphatic heterocycles. The molecule has 2 aromatic carbocycles. The Hall–Kier alpha value is -3.14. The van der Waals surface area contributed by atoms with Gasteiger partial charge in [-0.2, -0.15) is 5.10 Å². The molecule has 0 aliphatic carbocycles. The van der Waals surface area contributed by atoms with Gasteiger partial charge >= 0.3 is 0 Å². The van der Waals surface area contributed by atoms with E-state index in [1.54, 1.807) is 12.3 Å². The first-order valence-electron chi connectivity index (χ1n) is 8.62. The van der Waals surface area contributed by atoms with Crippen molar-refractivity contribution >= 4 is 12.1 Å². The van der Waals surface area contributed by atoms with Crippen LogP contribution in [0, 0.1) is 27.7 Å². The van der Waals surface area contributed by atoms with E-state index in [4.69, 9.17) is 0 Å². The van der Waals surface area contributed by atoms with Gasteiger partial charge in [-0.15, -0.1) is 0 Å². The molecule has 0 saturated carbocycles. The highest BCUT2D eigenvalue weighted by atomic mass is 16.2. The van der Waals surface area contributed by atoms with Gasteiger partial charge < -0.3 is 4.57 Å². The molecule has 1 amide bonds. The molecule has 1 aromatic heterocycles. The Morgan fingerprint density at radius 1 is 1.00 bits per heavy atom. The van der Waals surface area contributed by atoms with E-state index in [0.29, 0.717) is 5.56 Å². The minimum atomic E-state index is -0.202. The molecule has 132 valence electrons. The van der Waals surface area contributed by atoms with E-state index < -0.39 is 0 Å². The average molecular weight is 345 g/mol. The number of nitrogens with zero attached hydrogens (tertiary/aromatic N) is 2. The number of hydrogen-bond acceptors (Lipinski definition) is 2. The van der Waals surface area contributed by atoms with E-state index in [9.17, 15) is 4.79 Å². The van der Waals surface area contributed by atoms with Crippen LogP contribution in [0.25, 0.3) is 5.69 Å². The number of hydrogen-bond donors (Lipinski definition) is 1. The van der Waals surface area contributed by atoms with Gasteiger partial charge in [0.05, 0.1) is 6.21 Å². The van der Waals surface area contributed by atoms with Crippen molar-refractivity contribution in [1.29, 1.82) is 0 Å². The van der Waals surface area contributed by atoms with Crippen molar-refractivity contribution in [1.82, 2.24) is 9.99 Å². The summed E-state index contributed by atoms with van der Waals surface area (Å²) in [5.41, 5.74) is 9.71. The maximum Gasteiger partial charge on any atom is 0.271 e. The van der Waals surface area contributed by atoms with Crippen LogP contribution < -0.4 is 5.43 Å². The van der Waals surface area contributed by atoms with Crippen LogP contribution in [-0.4, -0.2) is 16.7 Å². The van der Waals surface area contributed by atoms with Crippen molar-refractivity contribution in [2.75, 3.05) is 0 Å². The summed E-state index contributed by atoms with van der Waals surface area (Å²) in [5.74, 6) is -0.202.